The van der Waals surface area contributed by atoms with E-state index in [4.69, 9.17) is 0 Å². The standard InChI is InChI=1S/C12H14N4O/c1-7-4-5-10(8(2)6-7)14-15-11-9(3)13-16-12(11)17/h4-6,13-14H,3H2,1-2H3,(H,16,17)/b15-11-. The van der Waals surface area contributed by atoms with Gasteiger partial charge in [-0.3, -0.25) is 21.1 Å². The second-order valence-corrected chi connectivity index (χ2v) is 3.95. The lowest BCUT2D eigenvalue weighted by atomic mass is 10.1. The number of hydrogen-bond acceptors (Lipinski definition) is 4. The van der Waals surface area contributed by atoms with E-state index in [1.807, 2.05) is 32.0 Å². The van der Waals surface area contributed by atoms with E-state index < -0.39 is 0 Å². The Morgan fingerprint density at radius 1 is 1.29 bits per heavy atom. The quantitative estimate of drug-likeness (QED) is 0.669. The van der Waals surface area contributed by atoms with Crippen LogP contribution in [-0.2, 0) is 4.79 Å². The molecular formula is C12H14N4O. The van der Waals surface area contributed by atoms with E-state index in [9.17, 15) is 4.79 Å². The Bertz CT molecular complexity index is 501. The van der Waals surface area contributed by atoms with Gasteiger partial charge in [0.05, 0.1) is 11.4 Å². The largest absolute Gasteiger partial charge is 0.296 e. The van der Waals surface area contributed by atoms with Crippen molar-refractivity contribution in [3.63, 3.8) is 0 Å². The molecule has 0 radical (unpaired) electrons. The van der Waals surface area contributed by atoms with E-state index in [-0.39, 0.29) is 11.6 Å². The molecule has 1 aromatic rings. The van der Waals surface area contributed by atoms with Crippen LogP contribution in [0.4, 0.5) is 5.69 Å². The number of hydrazine groups is 1. The summed E-state index contributed by atoms with van der Waals surface area (Å²) in [5.41, 5.74) is 11.8. The molecule has 0 atom stereocenters. The zero-order valence-electron chi connectivity index (χ0n) is 9.79. The average molecular weight is 230 g/mol. The van der Waals surface area contributed by atoms with Gasteiger partial charge in [-0.1, -0.05) is 24.3 Å². The molecule has 1 heterocycles. The Balaban J connectivity index is 2.19. The molecule has 2 rings (SSSR count). The van der Waals surface area contributed by atoms with E-state index in [1.54, 1.807) is 0 Å². The van der Waals surface area contributed by atoms with Gasteiger partial charge in [-0.15, -0.1) is 0 Å². The predicted octanol–water partition coefficient (Wildman–Crippen LogP) is 1.22. The Morgan fingerprint density at radius 2 is 2.06 bits per heavy atom. The van der Waals surface area contributed by atoms with Crippen molar-refractivity contribution < 1.29 is 4.79 Å². The minimum atomic E-state index is -0.285. The molecule has 0 aliphatic carbocycles. The molecule has 5 heteroatoms. The zero-order valence-corrected chi connectivity index (χ0v) is 9.79. The highest BCUT2D eigenvalue weighted by molar-refractivity contribution is 6.46. The molecule has 88 valence electrons. The van der Waals surface area contributed by atoms with Crippen molar-refractivity contribution in [2.75, 3.05) is 5.43 Å². The van der Waals surface area contributed by atoms with Crippen molar-refractivity contribution in [3.8, 4) is 0 Å². The molecule has 1 amide bonds. The summed E-state index contributed by atoms with van der Waals surface area (Å²) in [5, 5.41) is 4.04. The number of rotatable bonds is 2. The molecule has 17 heavy (non-hydrogen) atoms. The van der Waals surface area contributed by atoms with Gasteiger partial charge in [0.25, 0.3) is 5.91 Å². The first-order valence-corrected chi connectivity index (χ1v) is 5.24. The van der Waals surface area contributed by atoms with Gasteiger partial charge in [-0.2, -0.15) is 5.10 Å². The van der Waals surface area contributed by atoms with Crippen molar-refractivity contribution in [2.24, 2.45) is 5.10 Å². The molecule has 1 aromatic carbocycles. The summed E-state index contributed by atoms with van der Waals surface area (Å²) in [6, 6.07) is 5.96. The number of nitrogens with one attached hydrogen (secondary N) is 3. The molecular weight excluding hydrogens is 216 g/mol. The highest BCUT2D eigenvalue weighted by Gasteiger charge is 2.22. The third-order valence-corrected chi connectivity index (χ3v) is 2.50. The van der Waals surface area contributed by atoms with Crippen molar-refractivity contribution >= 4 is 17.3 Å². The van der Waals surface area contributed by atoms with Crippen LogP contribution in [0, 0.1) is 13.8 Å². The SMILES string of the molecule is C=C1NNC(=O)/C1=N\Nc1ccc(C)cc1C. The minimum absolute atomic E-state index is 0.268. The first-order valence-electron chi connectivity index (χ1n) is 5.24. The van der Waals surface area contributed by atoms with Crippen LogP contribution in [0.25, 0.3) is 0 Å². The summed E-state index contributed by atoms with van der Waals surface area (Å²) in [6.07, 6.45) is 0. The van der Waals surface area contributed by atoms with Crippen LogP contribution in [-0.4, -0.2) is 11.6 Å². The molecule has 0 spiro atoms. The van der Waals surface area contributed by atoms with Crippen molar-refractivity contribution in [2.45, 2.75) is 13.8 Å². The molecule has 5 nitrogen and oxygen atoms in total. The molecule has 1 fully saturated rings. The van der Waals surface area contributed by atoms with Gasteiger partial charge < -0.3 is 0 Å². The Hall–Kier alpha value is -2.30. The molecule has 0 unspecified atom stereocenters. The first-order chi connectivity index (χ1) is 8.08. The van der Waals surface area contributed by atoms with Gasteiger partial charge in [0.15, 0.2) is 5.71 Å². The number of aryl methyl sites for hydroxylation is 2. The van der Waals surface area contributed by atoms with Gasteiger partial charge in [0, 0.05) is 0 Å². The number of anilines is 1. The van der Waals surface area contributed by atoms with Gasteiger partial charge >= 0.3 is 0 Å². The molecule has 1 saturated heterocycles. The summed E-state index contributed by atoms with van der Waals surface area (Å²) in [4.78, 5) is 11.3. The van der Waals surface area contributed by atoms with E-state index >= 15 is 0 Å². The van der Waals surface area contributed by atoms with Crippen molar-refractivity contribution in [1.82, 2.24) is 10.9 Å². The van der Waals surface area contributed by atoms with Crippen LogP contribution in [0.3, 0.4) is 0 Å². The molecule has 1 aliphatic rings. The van der Waals surface area contributed by atoms with Gasteiger partial charge in [0.1, 0.15) is 0 Å². The molecule has 1 aliphatic heterocycles. The summed E-state index contributed by atoms with van der Waals surface area (Å²) < 4.78 is 0. The number of carbonyl (C=O) groups excluding carboxylic acids is 1. The summed E-state index contributed by atoms with van der Waals surface area (Å²) >= 11 is 0. The second-order valence-electron chi connectivity index (χ2n) is 3.95. The maximum absolute atomic E-state index is 11.3. The first kappa shape index (κ1) is 11.2. The maximum atomic E-state index is 11.3. The number of carbonyl (C=O) groups is 1. The van der Waals surface area contributed by atoms with Gasteiger partial charge in [-0.05, 0) is 25.5 Å². The topological polar surface area (TPSA) is 65.5 Å². The second kappa shape index (κ2) is 4.29. The number of hydrogen-bond donors (Lipinski definition) is 3. The summed E-state index contributed by atoms with van der Waals surface area (Å²) in [6.45, 7) is 7.68. The van der Waals surface area contributed by atoms with Crippen LogP contribution in [0.5, 0.6) is 0 Å². The average Bonchev–Trinajstić information content (AvgIpc) is 2.58. The minimum Gasteiger partial charge on any atom is -0.296 e. The third-order valence-electron chi connectivity index (χ3n) is 2.50. The number of amides is 1. The summed E-state index contributed by atoms with van der Waals surface area (Å²) in [5.74, 6) is -0.285. The third kappa shape index (κ3) is 2.28. The van der Waals surface area contributed by atoms with Crippen LogP contribution in [0.1, 0.15) is 11.1 Å². The Morgan fingerprint density at radius 3 is 2.65 bits per heavy atom. The van der Waals surface area contributed by atoms with E-state index in [1.165, 1.54) is 5.56 Å². The highest BCUT2D eigenvalue weighted by atomic mass is 16.2. The lowest BCUT2D eigenvalue weighted by Gasteiger charge is -2.06. The van der Waals surface area contributed by atoms with E-state index in [2.05, 4.69) is 28.0 Å². The molecule has 3 N–H and O–H groups in total. The van der Waals surface area contributed by atoms with E-state index in [0.717, 1.165) is 11.3 Å². The van der Waals surface area contributed by atoms with E-state index in [0.29, 0.717) is 5.70 Å². The maximum Gasteiger partial charge on any atom is 0.292 e. The van der Waals surface area contributed by atoms with Crippen LogP contribution >= 0.6 is 0 Å². The monoisotopic (exact) mass is 230 g/mol. The fourth-order valence-electron chi connectivity index (χ4n) is 1.56. The predicted molar refractivity (Wildman–Crippen MR) is 67.4 cm³/mol. The van der Waals surface area contributed by atoms with Gasteiger partial charge in [-0.25, -0.2) is 0 Å². The molecule has 0 saturated carbocycles. The highest BCUT2D eigenvalue weighted by Crippen LogP contribution is 2.16. The molecule has 0 bridgehead atoms. The van der Waals surface area contributed by atoms with Gasteiger partial charge in [0.2, 0.25) is 0 Å². The van der Waals surface area contributed by atoms with Crippen LogP contribution in [0.15, 0.2) is 35.6 Å². The number of hydrazone groups is 1. The van der Waals surface area contributed by atoms with Crippen molar-refractivity contribution in [3.05, 3.63) is 41.6 Å². The van der Waals surface area contributed by atoms with Crippen LogP contribution < -0.4 is 16.3 Å². The normalized spacial score (nSPS) is 16.9. The fourth-order valence-corrected chi connectivity index (χ4v) is 1.56. The number of benzene rings is 1. The zero-order chi connectivity index (χ0) is 12.4. The smallest absolute Gasteiger partial charge is 0.292 e. The molecule has 0 aromatic heterocycles. The Kier molecular flexibility index (Phi) is 2.82. The Labute approximate surface area is 99.6 Å². The lowest BCUT2D eigenvalue weighted by molar-refractivity contribution is -0.114. The fraction of sp³-hybridized carbons (Fsp3) is 0.167. The van der Waals surface area contributed by atoms with Crippen molar-refractivity contribution in [1.29, 1.82) is 0 Å². The summed E-state index contributed by atoms with van der Waals surface area (Å²) in [7, 11) is 0. The lowest BCUT2D eigenvalue weighted by Crippen LogP contribution is -2.26. The van der Waals surface area contributed by atoms with Crippen LogP contribution in [0.2, 0.25) is 0 Å². The number of nitrogens with zero attached hydrogens (tertiary/aromatic N) is 1.